The number of quaternary nitrogens is 1. The highest BCUT2D eigenvalue weighted by atomic mass is 32.1. The second-order valence-electron chi connectivity index (χ2n) is 5.16. The maximum Gasteiger partial charge on any atom is 0.269 e. The first-order valence-corrected chi connectivity index (χ1v) is 7.73. The molecule has 116 valence electrons. The van der Waals surface area contributed by atoms with Gasteiger partial charge >= 0.3 is 0 Å². The van der Waals surface area contributed by atoms with Crippen LogP contribution in [0.2, 0.25) is 0 Å². The first kappa shape index (κ1) is 16.1. The van der Waals surface area contributed by atoms with Gasteiger partial charge in [0.15, 0.2) is 0 Å². The highest BCUT2D eigenvalue weighted by molar-refractivity contribution is 7.10. The van der Waals surface area contributed by atoms with Gasteiger partial charge in [0.25, 0.3) is 11.6 Å². The van der Waals surface area contributed by atoms with Crippen LogP contribution in [-0.2, 0) is 0 Å². The lowest BCUT2D eigenvalue weighted by Gasteiger charge is -2.20. The largest absolute Gasteiger partial charge is 0.346 e. The normalized spacial score (nSPS) is 12.1. The topological polar surface area (TPSA) is 76.7 Å². The monoisotopic (exact) mass is 320 g/mol. The van der Waals surface area contributed by atoms with Crippen LogP contribution in [0.15, 0.2) is 41.8 Å². The first-order valence-electron chi connectivity index (χ1n) is 6.85. The van der Waals surface area contributed by atoms with Crippen LogP contribution in [0.1, 0.15) is 21.3 Å². The Morgan fingerprint density at radius 1 is 1.32 bits per heavy atom. The standard InChI is InChI=1S/C15H17N3O3S/c1-17(2)13(14-4-3-9-22-14)10-16-15(19)11-5-7-12(8-6-11)18(20)21/h3-9,13H,10H2,1-2H3,(H,16,19)/p+1/t13-/m1/s1. The van der Waals surface area contributed by atoms with Crippen molar-refractivity contribution in [3.63, 3.8) is 0 Å². The van der Waals surface area contributed by atoms with Gasteiger partial charge in [0, 0.05) is 17.7 Å². The molecule has 1 atom stereocenters. The minimum Gasteiger partial charge on any atom is -0.346 e. The molecule has 2 rings (SSSR count). The molecule has 0 aliphatic heterocycles. The molecule has 0 bridgehead atoms. The molecule has 7 heteroatoms. The summed E-state index contributed by atoms with van der Waals surface area (Å²) < 4.78 is 0. The van der Waals surface area contributed by atoms with Crippen LogP contribution in [0.3, 0.4) is 0 Å². The lowest BCUT2D eigenvalue weighted by Crippen LogP contribution is -3.06. The van der Waals surface area contributed by atoms with Crippen molar-refractivity contribution in [1.29, 1.82) is 0 Å². The van der Waals surface area contributed by atoms with Gasteiger partial charge < -0.3 is 10.2 Å². The van der Waals surface area contributed by atoms with Gasteiger partial charge in [0.2, 0.25) is 0 Å². The molecule has 1 aromatic heterocycles. The fourth-order valence-electron chi connectivity index (χ4n) is 2.11. The van der Waals surface area contributed by atoms with Gasteiger partial charge in [0.05, 0.1) is 30.4 Å². The van der Waals surface area contributed by atoms with E-state index in [1.54, 1.807) is 11.3 Å². The van der Waals surface area contributed by atoms with E-state index in [1.165, 1.54) is 34.0 Å². The third kappa shape index (κ3) is 3.90. The maximum absolute atomic E-state index is 12.1. The van der Waals surface area contributed by atoms with Gasteiger partial charge in [0.1, 0.15) is 6.04 Å². The zero-order valence-electron chi connectivity index (χ0n) is 12.4. The number of nitrogens with one attached hydrogen (secondary N) is 2. The van der Waals surface area contributed by atoms with E-state index in [-0.39, 0.29) is 17.6 Å². The number of rotatable bonds is 6. The van der Waals surface area contributed by atoms with E-state index in [0.717, 1.165) is 0 Å². The highest BCUT2D eigenvalue weighted by Gasteiger charge is 2.20. The summed E-state index contributed by atoms with van der Waals surface area (Å²) in [5, 5.41) is 15.5. The Balaban J connectivity index is 2.00. The number of amides is 1. The van der Waals surface area contributed by atoms with Crippen LogP contribution in [0.5, 0.6) is 0 Å². The minimum atomic E-state index is -0.482. The fourth-order valence-corrected chi connectivity index (χ4v) is 3.06. The van der Waals surface area contributed by atoms with Gasteiger partial charge in [-0.15, -0.1) is 11.3 Å². The summed E-state index contributed by atoms with van der Waals surface area (Å²) >= 11 is 1.66. The van der Waals surface area contributed by atoms with Crippen LogP contribution in [-0.4, -0.2) is 31.5 Å². The van der Waals surface area contributed by atoms with Gasteiger partial charge in [-0.1, -0.05) is 6.07 Å². The number of non-ortho nitro benzene ring substituents is 1. The van der Waals surface area contributed by atoms with Gasteiger partial charge in [-0.3, -0.25) is 14.9 Å². The number of thiophene rings is 1. The number of likely N-dealkylation sites (N-methyl/N-ethyl adjacent to an activating group) is 1. The average molecular weight is 320 g/mol. The van der Waals surface area contributed by atoms with E-state index in [1.807, 2.05) is 25.5 Å². The van der Waals surface area contributed by atoms with E-state index in [2.05, 4.69) is 11.4 Å². The molecule has 1 amide bonds. The SMILES string of the molecule is C[NH+](C)[C@H](CNC(=O)c1ccc([N+](=O)[O-])cc1)c1cccs1. The Hall–Kier alpha value is -2.25. The Morgan fingerprint density at radius 2 is 2.00 bits per heavy atom. The zero-order valence-corrected chi connectivity index (χ0v) is 13.2. The van der Waals surface area contributed by atoms with Crippen molar-refractivity contribution in [3.05, 3.63) is 62.3 Å². The number of carbonyl (C=O) groups excluding carboxylic acids is 1. The molecule has 1 heterocycles. The van der Waals surface area contributed by atoms with E-state index in [4.69, 9.17) is 0 Å². The summed E-state index contributed by atoms with van der Waals surface area (Å²) in [5.74, 6) is -0.224. The van der Waals surface area contributed by atoms with Crippen molar-refractivity contribution in [1.82, 2.24) is 5.32 Å². The average Bonchev–Trinajstić information content (AvgIpc) is 3.01. The molecule has 2 aromatic rings. The first-order chi connectivity index (χ1) is 10.5. The van der Waals surface area contributed by atoms with Gasteiger partial charge in [-0.25, -0.2) is 0 Å². The predicted molar refractivity (Wildman–Crippen MR) is 85.3 cm³/mol. The van der Waals surface area contributed by atoms with Crippen molar-refractivity contribution in [2.75, 3.05) is 20.6 Å². The van der Waals surface area contributed by atoms with Crippen molar-refractivity contribution < 1.29 is 14.6 Å². The molecule has 2 N–H and O–H groups in total. The van der Waals surface area contributed by atoms with Crippen LogP contribution in [0.4, 0.5) is 5.69 Å². The Kier molecular flexibility index (Phi) is 5.24. The predicted octanol–water partition coefficient (Wildman–Crippen LogP) is 1.27. The Labute approximate surface area is 132 Å². The Bertz CT molecular complexity index is 639. The molecule has 0 spiro atoms. The van der Waals surface area contributed by atoms with Crippen molar-refractivity contribution in [2.24, 2.45) is 0 Å². The number of nitrogens with zero attached hydrogens (tertiary/aromatic N) is 1. The number of hydrogen-bond acceptors (Lipinski definition) is 4. The third-order valence-corrected chi connectivity index (χ3v) is 4.38. The molecule has 0 aliphatic rings. The number of nitro benzene ring substituents is 1. The lowest BCUT2D eigenvalue weighted by molar-refractivity contribution is -0.890. The van der Waals surface area contributed by atoms with Crippen molar-refractivity contribution in [3.8, 4) is 0 Å². The molecular weight excluding hydrogens is 302 g/mol. The van der Waals surface area contributed by atoms with E-state index >= 15 is 0 Å². The molecule has 0 saturated heterocycles. The number of carbonyl (C=O) groups is 1. The summed E-state index contributed by atoms with van der Waals surface area (Å²) in [6.45, 7) is 0.513. The maximum atomic E-state index is 12.1. The molecular formula is C15H18N3O3S+. The number of benzene rings is 1. The zero-order chi connectivity index (χ0) is 16.1. The minimum absolute atomic E-state index is 0.0225. The summed E-state index contributed by atoms with van der Waals surface area (Å²) in [5.41, 5.74) is 0.398. The van der Waals surface area contributed by atoms with Crippen LogP contribution < -0.4 is 10.2 Å². The molecule has 22 heavy (non-hydrogen) atoms. The Morgan fingerprint density at radius 3 is 2.50 bits per heavy atom. The van der Waals surface area contributed by atoms with E-state index in [0.29, 0.717) is 12.1 Å². The second-order valence-corrected chi connectivity index (χ2v) is 6.14. The molecule has 0 aliphatic carbocycles. The quantitative estimate of drug-likeness (QED) is 0.622. The summed E-state index contributed by atoms with van der Waals surface area (Å²) in [4.78, 5) is 24.7. The number of nitro groups is 1. The van der Waals surface area contributed by atoms with Crippen molar-refractivity contribution >= 4 is 22.9 Å². The van der Waals surface area contributed by atoms with E-state index in [9.17, 15) is 14.9 Å². The smallest absolute Gasteiger partial charge is 0.269 e. The van der Waals surface area contributed by atoms with Gasteiger partial charge in [-0.2, -0.15) is 0 Å². The van der Waals surface area contributed by atoms with E-state index < -0.39 is 4.92 Å². The third-order valence-electron chi connectivity index (χ3n) is 3.39. The highest BCUT2D eigenvalue weighted by Crippen LogP contribution is 2.16. The lowest BCUT2D eigenvalue weighted by atomic mass is 10.1. The van der Waals surface area contributed by atoms with Gasteiger partial charge in [-0.05, 0) is 23.6 Å². The molecule has 6 nitrogen and oxygen atoms in total. The van der Waals surface area contributed by atoms with Crippen molar-refractivity contribution in [2.45, 2.75) is 6.04 Å². The fraction of sp³-hybridized carbons (Fsp3) is 0.267. The second kappa shape index (κ2) is 7.15. The summed E-state index contributed by atoms with van der Waals surface area (Å²) in [7, 11) is 4.09. The molecule has 0 fully saturated rings. The van der Waals surface area contributed by atoms with Crippen LogP contribution in [0, 0.1) is 10.1 Å². The molecule has 1 aromatic carbocycles. The summed E-state index contributed by atoms with van der Waals surface area (Å²) in [6, 6.07) is 9.84. The van der Waals surface area contributed by atoms with Crippen LogP contribution in [0.25, 0.3) is 0 Å². The molecule has 0 radical (unpaired) electrons. The summed E-state index contributed by atoms with van der Waals surface area (Å²) in [6.07, 6.45) is 0. The number of hydrogen-bond donors (Lipinski definition) is 2. The van der Waals surface area contributed by atoms with Crippen LogP contribution >= 0.6 is 11.3 Å². The molecule has 0 unspecified atom stereocenters. The molecule has 0 saturated carbocycles.